The van der Waals surface area contributed by atoms with E-state index in [1.165, 1.54) is 12.4 Å². The predicted octanol–water partition coefficient (Wildman–Crippen LogP) is 0.374. The summed E-state index contributed by atoms with van der Waals surface area (Å²) in [6.45, 7) is 0. The Morgan fingerprint density at radius 1 is 1.23 bits per heavy atom. The van der Waals surface area contributed by atoms with Crippen molar-refractivity contribution >= 4 is 26.8 Å². The van der Waals surface area contributed by atoms with E-state index in [1.54, 1.807) is 0 Å². The molecule has 6 heteroatoms. The smallest absolute Gasteiger partial charge is 0.306 e. The number of aromatic nitrogens is 3. The zero-order chi connectivity index (χ0) is 9.42. The van der Waals surface area contributed by atoms with Crippen LogP contribution in [0, 0.1) is 0 Å². The van der Waals surface area contributed by atoms with Crippen LogP contribution in [0.15, 0.2) is 26.5 Å². The van der Waals surface area contributed by atoms with Crippen molar-refractivity contribution in [2.75, 3.05) is 0 Å². The molecule has 0 saturated heterocycles. The van der Waals surface area contributed by atoms with Gasteiger partial charge in [-0.1, -0.05) is 0 Å². The number of hydrogen-bond donors (Lipinski definition) is 2. The van der Waals surface area contributed by atoms with Crippen LogP contribution in [-0.2, 0) is 0 Å². The van der Waals surface area contributed by atoms with Gasteiger partial charge in [-0.3, -0.25) is 14.8 Å². The number of aromatic amines is 2. The van der Waals surface area contributed by atoms with Gasteiger partial charge in [-0.25, -0.2) is 4.79 Å². The van der Waals surface area contributed by atoms with E-state index in [-0.39, 0.29) is 0 Å². The van der Waals surface area contributed by atoms with Crippen molar-refractivity contribution in [2.24, 2.45) is 0 Å². The third-order valence-electron chi connectivity index (χ3n) is 1.61. The molecule has 0 atom stereocenters. The summed E-state index contributed by atoms with van der Waals surface area (Å²) in [4.78, 5) is 30.5. The monoisotopic (exact) mass is 241 g/mol. The molecule has 2 N–H and O–H groups in total. The van der Waals surface area contributed by atoms with Gasteiger partial charge in [0.25, 0.3) is 5.56 Å². The summed E-state index contributed by atoms with van der Waals surface area (Å²) < 4.78 is 0.591. The lowest BCUT2D eigenvalue weighted by atomic mass is 10.3. The van der Waals surface area contributed by atoms with Crippen molar-refractivity contribution < 1.29 is 0 Å². The fourth-order valence-corrected chi connectivity index (χ4v) is 1.48. The summed E-state index contributed by atoms with van der Waals surface area (Å²) in [7, 11) is 0. The summed E-state index contributed by atoms with van der Waals surface area (Å²) in [5.41, 5.74) is -0.499. The third kappa shape index (κ3) is 1.29. The normalized spacial score (nSPS) is 10.5. The second-order valence-corrected chi connectivity index (χ2v) is 3.31. The molecule has 66 valence electrons. The van der Waals surface area contributed by atoms with E-state index in [0.29, 0.717) is 15.4 Å². The van der Waals surface area contributed by atoms with Crippen molar-refractivity contribution in [2.45, 2.75) is 0 Å². The molecule has 0 bridgehead atoms. The molecule has 2 rings (SSSR count). The number of H-pyrrole nitrogens is 2. The summed E-state index contributed by atoms with van der Waals surface area (Å²) in [5, 5.41) is 0.356. The summed E-state index contributed by atoms with van der Waals surface area (Å²) in [6.07, 6.45) is 2.91. The molecule has 2 aromatic heterocycles. The third-order valence-corrected chi connectivity index (χ3v) is 2.21. The lowest BCUT2D eigenvalue weighted by Gasteiger charge is -1.96. The molecular weight excluding hydrogens is 238 g/mol. The van der Waals surface area contributed by atoms with Crippen LogP contribution in [0.4, 0.5) is 0 Å². The maximum Gasteiger partial charge on any atom is 0.326 e. The van der Waals surface area contributed by atoms with Gasteiger partial charge in [0.1, 0.15) is 0 Å². The van der Waals surface area contributed by atoms with Crippen LogP contribution >= 0.6 is 15.9 Å². The number of nitrogens with one attached hydrogen (secondary N) is 2. The molecule has 5 nitrogen and oxygen atoms in total. The van der Waals surface area contributed by atoms with E-state index in [1.807, 2.05) is 0 Å². The van der Waals surface area contributed by atoms with Crippen LogP contribution < -0.4 is 11.2 Å². The molecule has 0 amide bonds. The SMILES string of the molecule is O=c1[nH]c(=O)c2cncc(Br)c2[nH]1. The average Bonchev–Trinajstić information content (AvgIpc) is 2.07. The quantitative estimate of drug-likeness (QED) is 0.700. The van der Waals surface area contributed by atoms with Crippen molar-refractivity contribution in [1.29, 1.82) is 0 Å². The standard InChI is InChI=1S/C7H4BrN3O2/c8-4-2-9-1-3-5(4)10-7(13)11-6(3)12/h1-2H,(H2,10,11,12,13). The Labute approximate surface area is 80.0 Å². The Bertz CT molecular complexity index is 572. The first-order valence-electron chi connectivity index (χ1n) is 3.44. The zero-order valence-electron chi connectivity index (χ0n) is 6.30. The second kappa shape index (κ2) is 2.81. The Kier molecular flexibility index (Phi) is 1.77. The lowest BCUT2D eigenvalue weighted by molar-refractivity contribution is 1.07. The molecule has 0 aliphatic rings. The highest BCUT2D eigenvalue weighted by atomic mass is 79.9. The molecule has 0 unspecified atom stereocenters. The molecule has 13 heavy (non-hydrogen) atoms. The van der Waals surface area contributed by atoms with Gasteiger partial charge in [-0.05, 0) is 15.9 Å². The first-order chi connectivity index (χ1) is 6.18. The van der Waals surface area contributed by atoms with Crippen molar-refractivity contribution in [3.63, 3.8) is 0 Å². The fraction of sp³-hybridized carbons (Fsp3) is 0. The highest BCUT2D eigenvalue weighted by Gasteiger charge is 2.03. The Hall–Kier alpha value is -1.43. The van der Waals surface area contributed by atoms with Gasteiger partial charge in [-0.2, -0.15) is 0 Å². The number of nitrogens with zero attached hydrogens (tertiary/aromatic N) is 1. The van der Waals surface area contributed by atoms with Gasteiger partial charge in [0.15, 0.2) is 0 Å². The Morgan fingerprint density at radius 3 is 2.77 bits per heavy atom. The van der Waals surface area contributed by atoms with E-state index in [2.05, 4.69) is 30.9 Å². The maximum atomic E-state index is 11.2. The highest BCUT2D eigenvalue weighted by Crippen LogP contribution is 2.15. The van der Waals surface area contributed by atoms with Crippen molar-refractivity contribution in [3.05, 3.63) is 37.7 Å². The summed E-state index contributed by atoms with van der Waals surface area (Å²) in [6, 6.07) is 0. The van der Waals surface area contributed by atoms with Gasteiger partial charge in [0.05, 0.1) is 15.4 Å². The highest BCUT2D eigenvalue weighted by molar-refractivity contribution is 9.10. The van der Waals surface area contributed by atoms with Crippen molar-refractivity contribution in [1.82, 2.24) is 15.0 Å². The number of pyridine rings is 1. The van der Waals surface area contributed by atoms with Crippen LogP contribution in [0.2, 0.25) is 0 Å². The van der Waals surface area contributed by atoms with Gasteiger partial charge in [-0.15, -0.1) is 0 Å². The number of rotatable bonds is 0. The molecule has 2 heterocycles. The first-order valence-corrected chi connectivity index (χ1v) is 4.23. The van der Waals surface area contributed by atoms with E-state index < -0.39 is 11.2 Å². The minimum absolute atomic E-state index is 0.356. The van der Waals surface area contributed by atoms with Crippen LogP contribution in [0.5, 0.6) is 0 Å². The van der Waals surface area contributed by atoms with E-state index >= 15 is 0 Å². The van der Waals surface area contributed by atoms with Crippen LogP contribution in [0.3, 0.4) is 0 Å². The average molecular weight is 242 g/mol. The number of halogens is 1. The minimum Gasteiger partial charge on any atom is -0.306 e. The van der Waals surface area contributed by atoms with E-state index in [4.69, 9.17) is 0 Å². The van der Waals surface area contributed by atoms with E-state index in [0.717, 1.165) is 0 Å². The number of hydrogen-bond acceptors (Lipinski definition) is 3. The van der Waals surface area contributed by atoms with Crippen LogP contribution in [-0.4, -0.2) is 15.0 Å². The number of fused-ring (bicyclic) bond motifs is 1. The lowest BCUT2D eigenvalue weighted by Crippen LogP contribution is -2.22. The largest absolute Gasteiger partial charge is 0.326 e. The zero-order valence-corrected chi connectivity index (χ0v) is 7.88. The minimum atomic E-state index is -0.524. The topological polar surface area (TPSA) is 78.6 Å². The molecule has 2 aromatic rings. The summed E-state index contributed by atoms with van der Waals surface area (Å²) >= 11 is 3.18. The van der Waals surface area contributed by atoms with Gasteiger partial charge < -0.3 is 4.98 Å². The van der Waals surface area contributed by atoms with Gasteiger partial charge in [0.2, 0.25) is 0 Å². The fourth-order valence-electron chi connectivity index (χ4n) is 1.05. The molecule has 0 radical (unpaired) electrons. The second-order valence-electron chi connectivity index (χ2n) is 2.45. The molecule has 0 aromatic carbocycles. The molecule has 0 aliphatic heterocycles. The summed E-state index contributed by atoms with van der Waals surface area (Å²) in [5.74, 6) is 0. The first kappa shape index (κ1) is 8.18. The Morgan fingerprint density at radius 2 is 2.00 bits per heavy atom. The van der Waals surface area contributed by atoms with Gasteiger partial charge >= 0.3 is 5.69 Å². The maximum absolute atomic E-state index is 11.2. The Balaban J connectivity index is 3.12. The molecule has 0 fully saturated rings. The van der Waals surface area contributed by atoms with Crippen molar-refractivity contribution in [3.8, 4) is 0 Å². The predicted molar refractivity (Wildman–Crippen MR) is 50.7 cm³/mol. The molecule has 0 saturated carbocycles. The van der Waals surface area contributed by atoms with Crippen LogP contribution in [0.25, 0.3) is 10.9 Å². The van der Waals surface area contributed by atoms with E-state index in [9.17, 15) is 9.59 Å². The molecular formula is C7H4BrN3O2. The molecule has 0 aliphatic carbocycles. The van der Waals surface area contributed by atoms with Crippen LogP contribution in [0.1, 0.15) is 0 Å². The van der Waals surface area contributed by atoms with Gasteiger partial charge in [0, 0.05) is 12.4 Å². The molecule has 0 spiro atoms.